The van der Waals surface area contributed by atoms with Gasteiger partial charge in [0, 0.05) is 27.1 Å². The van der Waals surface area contributed by atoms with E-state index < -0.39 is 5.54 Å². The number of imidazole rings is 1. The van der Waals surface area contributed by atoms with Crippen LogP contribution in [0.3, 0.4) is 0 Å². The molecule has 28 heavy (non-hydrogen) atoms. The summed E-state index contributed by atoms with van der Waals surface area (Å²) in [5.41, 5.74) is 0.796. The Morgan fingerprint density at radius 2 is 1.82 bits per heavy atom. The van der Waals surface area contributed by atoms with Crippen LogP contribution in [0, 0.1) is 11.3 Å². The molecule has 0 aliphatic carbocycles. The van der Waals surface area contributed by atoms with Gasteiger partial charge in [-0.3, -0.25) is 9.36 Å². The van der Waals surface area contributed by atoms with Crippen molar-refractivity contribution in [3.63, 3.8) is 0 Å². The fourth-order valence-electron chi connectivity index (χ4n) is 3.44. The number of amides is 1. The summed E-state index contributed by atoms with van der Waals surface area (Å²) >= 11 is 15.7. The molecule has 2 heterocycles. The van der Waals surface area contributed by atoms with E-state index in [4.69, 9.17) is 23.2 Å². The number of nitriles is 1. The van der Waals surface area contributed by atoms with Crippen LogP contribution in [0.1, 0.15) is 18.2 Å². The predicted molar refractivity (Wildman–Crippen MR) is 112 cm³/mol. The monoisotopic (exact) mass is 474 g/mol. The third-order valence-corrected chi connectivity index (χ3v) is 5.73. The highest BCUT2D eigenvalue weighted by Crippen LogP contribution is 2.42. The first kappa shape index (κ1) is 19.0. The lowest BCUT2D eigenvalue weighted by Crippen LogP contribution is -2.40. The zero-order chi connectivity index (χ0) is 20.1. The van der Waals surface area contributed by atoms with Crippen molar-refractivity contribution in [3.05, 3.63) is 74.4 Å². The number of carbonyl (C=O) groups excluding carboxylic acids is 1. The highest BCUT2D eigenvalue weighted by Gasteiger charge is 2.49. The Balaban J connectivity index is 1.85. The van der Waals surface area contributed by atoms with Crippen LogP contribution in [0.15, 0.2) is 53.1 Å². The Morgan fingerprint density at radius 3 is 2.43 bits per heavy atom. The molecule has 5 nitrogen and oxygen atoms in total. The molecule has 0 radical (unpaired) electrons. The second-order valence-corrected chi connectivity index (χ2v) is 8.54. The van der Waals surface area contributed by atoms with Crippen molar-refractivity contribution in [3.8, 4) is 6.07 Å². The Hall–Kier alpha value is -2.33. The van der Waals surface area contributed by atoms with Gasteiger partial charge in [0.1, 0.15) is 11.6 Å². The number of halogens is 3. The largest absolute Gasteiger partial charge is 0.300 e. The van der Waals surface area contributed by atoms with Gasteiger partial charge in [-0.1, -0.05) is 51.3 Å². The molecular formula is C20H13BrCl2N4O. The number of benzene rings is 2. The number of hydrogen-bond acceptors (Lipinski definition) is 3. The van der Waals surface area contributed by atoms with E-state index in [1.165, 1.54) is 4.90 Å². The van der Waals surface area contributed by atoms with Crippen molar-refractivity contribution in [2.24, 2.45) is 0 Å². The Labute approximate surface area is 180 Å². The SMILES string of the molecule is CC1(Cc2ccc(Br)cc2)C(=O)N(c2cc(Cl)cc(Cl)c2)c2nc(C#N)cn21. The van der Waals surface area contributed by atoms with Gasteiger partial charge < -0.3 is 0 Å². The van der Waals surface area contributed by atoms with Gasteiger partial charge in [0.15, 0.2) is 5.69 Å². The zero-order valence-electron chi connectivity index (χ0n) is 14.7. The fourth-order valence-corrected chi connectivity index (χ4v) is 4.22. The highest BCUT2D eigenvalue weighted by molar-refractivity contribution is 9.10. The maximum atomic E-state index is 13.5. The van der Waals surface area contributed by atoms with Crippen LogP contribution in [0.25, 0.3) is 0 Å². The van der Waals surface area contributed by atoms with E-state index in [1.54, 1.807) is 29.0 Å². The van der Waals surface area contributed by atoms with Crippen LogP contribution in [-0.4, -0.2) is 15.5 Å². The lowest BCUT2D eigenvalue weighted by Gasteiger charge is -2.25. The van der Waals surface area contributed by atoms with Gasteiger partial charge in [0.25, 0.3) is 5.91 Å². The van der Waals surface area contributed by atoms with Crippen LogP contribution < -0.4 is 4.90 Å². The fraction of sp³-hybridized carbons (Fsp3) is 0.150. The molecule has 1 aliphatic heterocycles. The van der Waals surface area contributed by atoms with E-state index in [-0.39, 0.29) is 11.6 Å². The lowest BCUT2D eigenvalue weighted by atomic mass is 9.92. The second-order valence-electron chi connectivity index (χ2n) is 6.75. The van der Waals surface area contributed by atoms with Crippen molar-refractivity contribution < 1.29 is 4.79 Å². The minimum Gasteiger partial charge on any atom is -0.300 e. The summed E-state index contributed by atoms with van der Waals surface area (Å²) < 4.78 is 2.72. The molecule has 0 N–H and O–H groups in total. The van der Waals surface area contributed by atoms with E-state index in [0.29, 0.717) is 28.1 Å². The number of nitrogens with zero attached hydrogens (tertiary/aromatic N) is 4. The molecule has 0 fully saturated rings. The molecule has 3 aromatic rings. The first-order chi connectivity index (χ1) is 13.3. The summed E-state index contributed by atoms with van der Waals surface area (Å²) in [5, 5.41) is 10.1. The maximum Gasteiger partial charge on any atom is 0.260 e. The van der Waals surface area contributed by atoms with Crippen molar-refractivity contribution >= 4 is 56.7 Å². The quantitative estimate of drug-likeness (QED) is 0.505. The highest BCUT2D eigenvalue weighted by atomic mass is 79.9. The Morgan fingerprint density at radius 1 is 1.18 bits per heavy atom. The van der Waals surface area contributed by atoms with Gasteiger partial charge in [0.05, 0.1) is 5.69 Å². The average molecular weight is 476 g/mol. The molecule has 1 aromatic heterocycles. The number of fused-ring (bicyclic) bond motifs is 1. The number of rotatable bonds is 3. The third kappa shape index (κ3) is 3.10. The summed E-state index contributed by atoms with van der Waals surface area (Å²) in [7, 11) is 0. The molecule has 1 unspecified atom stereocenters. The minimum absolute atomic E-state index is 0.166. The Kier molecular flexibility index (Phi) is 4.70. The van der Waals surface area contributed by atoms with Gasteiger partial charge in [0.2, 0.25) is 5.95 Å². The molecule has 140 valence electrons. The van der Waals surface area contributed by atoms with E-state index in [2.05, 4.69) is 20.9 Å². The average Bonchev–Trinajstić information content (AvgIpc) is 3.14. The summed E-state index contributed by atoms with van der Waals surface area (Å²) in [6, 6.07) is 14.7. The molecule has 4 rings (SSSR count). The molecule has 0 saturated heterocycles. The van der Waals surface area contributed by atoms with E-state index in [1.807, 2.05) is 37.3 Å². The van der Waals surface area contributed by atoms with Crippen LogP contribution in [-0.2, 0) is 16.8 Å². The lowest BCUT2D eigenvalue weighted by molar-refractivity contribution is -0.123. The molecule has 1 aliphatic rings. The minimum atomic E-state index is -0.944. The van der Waals surface area contributed by atoms with Crippen LogP contribution >= 0.6 is 39.1 Å². The first-order valence-corrected chi connectivity index (χ1v) is 9.92. The van der Waals surface area contributed by atoms with Crippen LogP contribution in [0.4, 0.5) is 11.6 Å². The van der Waals surface area contributed by atoms with Gasteiger partial charge >= 0.3 is 0 Å². The van der Waals surface area contributed by atoms with E-state index in [9.17, 15) is 10.1 Å². The number of carbonyl (C=O) groups is 1. The Bertz CT molecular complexity index is 1120. The third-order valence-electron chi connectivity index (χ3n) is 4.76. The molecule has 2 aromatic carbocycles. The molecule has 0 saturated carbocycles. The molecule has 1 atom stereocenters. The van der Waals surface area contributed by atoms with Gasteiger partial charge in [-0.15, -0.1) is 0 Å². The smallest absolute Gasteiger partial charge is 0.260 e. The van der Waals surface area contributed by atoms with E-state index >= 15 is 0 Å². The van der Waals surface area contributed by atoms with Crippen molar-refractivity contribution in [2.75, 3.05) is 4.90 Å². The number of anilines is 2. The molecule has 1 amide bonds. The normalized spacial score (nSPS) is 18.2. The topological polar surface area (TPSA) is 61.9 Å². The van der Waals surface area contributed by atoms with E-state index in [0.717, 1.165) is 10.0 Å². The van der Waals surface area contributed by atoms with Gasteiger partial charge in [-0.05, 0) is 42.8 Å². The van der Waals surface area contributed by atoms with Crippen LogP contribution in [0.5, 0.6) is 0 Å². The number of aromatic nitrogens is 2. The first-order valence-electron chi connectivity index (χ1n) is 8.37. The molecule has 0 spiro atoms. The standard InChI is InChI=1S/C20H13BrCl2N4O/c1-20(9-12-2-4-13(21)5-3-12)18(28)27(17-7-14(22)6-15(23)8-17)19-25-16(10-24)11-26(19)20/h2-8,11H,9H2,1H3. The van der Waals surface area contributed by atoms with Crippen LogP contribution in [0.2, 0.25) is 10.0 Å². The summed E-state index contributed by atoms with van der Waals surface area (Å²) in [6.45, 7) is 1.84. The number of hydrogen-bond donors (Lipinski definition) is 0. The van der Waals surface area contributed by atoms with Crippen molar-refractivity contribution in [1.82, 2.24) is 9.55 Å². The summed E-state index contributed by atoms with van der Waals surface area (Å²) in [4.78, 5) is 19.3. The zero-order valence-corrected chi connectivity index (χ0v) is 17.8. The summed E-state index contributed by atoms with van der Waals surface area (Å²) in [6.07, 6.45) is 2.05. The molecular weight excluding hydrogens is 463 g/mol. The van der Waals surface area contributed by atoms with Gasteiger partial charge in [-0.2, -0.15) is 5.26 Å². The second kappa shape index (κ2) is 6.93. The maximum absolute atomic E-state index is 13.5. The predicted octanol–water partition coefficient (Wildman–Crippen LogP) is 5.46. The van der Waals surface area contributed by atoms with Crippen molar-refractivity contribution in [2.45, 2.75) is 18.9 Å². The van der Waals surface area contributed by atoms with Crippen molar-refractivity contribution in [1.29, 1.82) is 5.26 Å². The van der Waals surface area contributed by atoms with Gasteiger partial charge in [-0.25, -0.2) is 9.88 Å². The molecule has 0 bridgehead atoms. The molecule has 8 heteroatoms. The summed E-state index contributed by atoms with van der Waals surface area (Å²) in [5.74, 6) is 0.209.